The van der Waals surface area contributed by atoms with E-state index in [-0.39, 0.29) is 0 Å². The van der Waals surface area contributed by atoms with Crippen molar-refractivity contribution >= 4 is 23.4 Å². The Morgan fingerprint density at radius 1 is 1.08 bits per heavy atom. The smallest absolute Gasteiger partial charge is 0.0169 e. The minimum absolute atomic E-state index is 0.702. The van der Waals surface area contributed by atoms with Crippen LogP contribution in [-0.2, 0) is 18.4 Å². The van der Waals surface area contributed by atoms with Crippen molar-refractivity contribution in [3.05, 3.63) is 47.5 Å². The summed E-state index contributed by atoms with van der Waals surface area (Å²) in [4.78, 5) is 0. The van der Waals surface area contributed by atoms with Gasteiger partial charge in [-0.05, 0) is 23.3 Å². The largest absolute Gasteiger partial charge is 0.788 e. The molecule has 0 spiro atoms. The molecule has 66 valence electrons. The van der Waals surface area contributed by atoms with Gasteiger partial charge in [0.2, 0.25) is 0 Å². The molecule has 2 aromatic carbocycles. The fraction of sp³-hybridized carbons (Fsp3) is 0.167. The fourth-order valence-corrected chi connectivity index (χ4v) is 2.02. The van der Waals surface area contributed by atoms with Crippen LogP contribution in [-0.4, -0.2) is 0 Å². The molecule has 1 heteroatoms. The molecule has 0 aliphatic heterocycles. The van der Waals surface area contributed by atoms with Crippen LogP contribution in [0.4, 0.5) is 0 Å². The third-order valence-corrected chi connectivity index (χ3v) is 2.71. The van der Waals surface area contributed by atoms with Crippen LogP contribution in [0, 0.1) is 6.92 Å². The number of hydrogen-bond acceptors (Lipinski definition) is 1. The highest BCUT2D eigenvalue weighted by molar-refractivity contribution is 7.57. The summed E-state index contributed by atoms with van der Waals surface area (Å²) in [7, 11) is 0. The number of benzene rings is 2. The molecule has 0 atom stereocenters. The molecule has 2 rings (SSSR count). The molecule has 13 heavy (non-hydrogen) atoms. The third-order valence-electron chi connectivity index (χ3n) is 2.42. The van der Waals surface area contributed by atoms with E-state index < -0.39 is 0 Å². The second-order valence-electron chi connectivity index (χ2n) is 3.23. The van der Waals surface area contributed by atoms with Crippen LogP contribution in [0.1, 0.15) is 11.1 Å². The number of aryl methyl sites for hydroxylation is 1. The summed E-state index contributed by atoms with van der Waals surface area (Å²) in [6.07, 6.45) is 0. The predicted octanol–water partition coefficient (Wildman–Crippen LogP) is 3.20. The molecule has 0 radical (unpaired) electrons. The molecule has 0 fully saturated rings. The number of fused-ring (bicyclic) bond motifs is 1. The molecule has 0 aliphatic carbocycles. The summed E-state index contributed by atoms with van der Waals surface area (Å²) >= 11 is 5.13. The van der Waals surface area contributed by atoms with Crippen LogP contribution in [0.25, 0.3) is 10.8 Å². The zero-order valence-corrected chi connectivity index (χ0v) is 8.40. The average Bonchev–Trinajstić information content (AvgIpc) is 2.18. The summed E-state index contributed by atoms with van der Waals surface area (Å²) in [5.74, 6) is 0.702. The molecule has 0 saturated carbocycles. The maximum atomic E-state index is 5.13. The minimum Gasteiger partial charge on any atom is -0.788 e. The van der Waals surface area contributed by atoms with E-state index in [1.54, 1.807) is 0 Å². The van der Waals surface area contributed by atoms with Crippen molar-refractivity contribution in [3.63, 3.8) is 0 Å². The number of rotatable bonds is 1. The minimum atomic E-state index is 0.702. The van der Waals surface area contributed by atoms with Crippen LogP contribution < -0.4 is 0 Å². The first-order valence-electron chi connectivity index (χ1n) is 4.38. The van der Waals surface area contributed by atoms with E-state index in [2.05, 4.69) is 43.3 Å². The van der Waals surface area contributed by atoms with E-state index in [0.717, 1.165) is 0 Å². The van der Waals surface area contributed by atoms with Crippen LogP contribution in [0.5, 0.6) is 0 Å². The molecule has 0 heterocycles. The van der Waals surface area contributed by atoms with Gasteiger partial charge in [-0.1, -0.05) is 42.0 Å². The van der Waals surface area contributed by atoms with Gasteiger partial charge in [0.15, 0.2) is 0 Å². The van der Waals surface area contributed by atoms with Crippen molar-refractivity contribution < 1.29 is 0 Å². The van der Waals surface area contributed by atoms with Gasteiger partial charge in [-0.25, -0.2) is 0 Å². The summed E-state index contributed by atoms with van der Waals surface area (Å²) < 4.78 is 0. The zero-order chi connectivity index (χ0) is 9.26. The van der Waals surface area contributed by atoms with Crippen LogP contribution in [0.15, 0.2) is 36.4 Å². The number of hydrogen-bond donors (Lipinski definition) is 0. The second kappa shape index (κ2) is 3.43. The van der Waals surface area contributed by atoms with Gasteiger partial charge in [0.1, 0.15) is 0 Å². The second-order valence-corrected chi connectivity index (χ2v) is 3.52. The summed E-state index contributed by atoms with van der Waals surface area (Å²) in [5, 5.41) is 2.59. The van der Waals surface area contributed by atoms with Gasteiger partial charge in [-0.3, -0.25) is 0 Å². The van der Waals surface area contributed by atoms with E-state index in [0.29, 0.717) is 5.75 Å². The van der Waals surface area contributed by atoms with Crippen molar-refractivity contribution in [2.45, 2.75) is 12.7 Å². The molecule has 0 aliphatic rings. The highest BCUT2D eigenvalue weighted by Crippen LogP contribution is 2.21. The zero-order valence-electron chi connectivity index (χ0n) is 7.58. The maximum Gasteiger partial charge on any atom is -0.0169 e. The molecule has 0 nitrogen and oxygen atoms in total. The summed E-state index contributed by atoms with van der Waals surface area (Å²) in [5.41, 5.74) is 2.60. The highest BCUT2D eigenvalue weighted by atomic mass is 32.1. The van der Waals surface area contributed by atoms with Crippen molar-refractivity contribution in [3.8, 4) is 0 Å². The van der Waals surface area contributed by atoms with Gasteiger partial charge in [0, 0.05) is 0 Å². The van der Waals surface area contributed by atoms with Gasteiger partial charge >= 0.3 is 0 Å². The molecule has 0 unspecified atom stereocenters. The first kappa shape index (κ1) is 8.64. The van der Waals surface area contributed by atoms with Gasteiger partial charge in [0.25, 0.3) is 0 Å². The van der Waals surface area contributed by atoms with E-state index in [1.807, 2.05) is 0 Å². The van der Waals surface area contributed by atoms with E-state index in [9.17, 15) is 0 Å². The normalized spacial score (nSPS) is 10.6. The highest BCUT2D eigenvalue weighted by Gasteiger charge is 1.98. The van der Waals surface area contributed by atoms with E-state index >= 15 is 0 Å². The molecule has 0 amide bonds. The van der Waals surface area contributed by atoms with E-state index in [4.69, 9.17) is 12.6 Å². The average molecular weight is 187 g/mol. The van der Waals surface area contributed by atoms with Gasteiger partial charge < -0.3 is 12.6 Å². The molecule has 2 aromatic rings. The van der Waals surface area contributed by atoms with Crippen molar-refractivity contribution in [2.75, 3.05) is 0 Å². The Bertz CT molecular complexity index is 432. The molecule has 0 aromatic heterocycles. The van der Waals surface area contributed by atoms with Crippen molar-refractivity contribution in [1.82, 2.24) is 0 Å². The lowest BCUT2D eigenvalue weighted by atomic mass is 10.0. The SMILES string of the molecule is Cc1ccc2ccccc2c1C[S-]. The lowest BCUT2D eigenvalue weighted by Gasteiger charge is -2.12. The first-order valence-corrected chi connectivity index (χ1v) is 4.96. The van der Waals surface area contributed by atoms with Crippen molar-refractivity contribution in [2.24, 2.45) is 0 Å². The Hall–Kier alpha value is -0.950. The maximum absolute atomic E-state index is 5.13. The fourth-order valence-electron chi connectivity index (χ4n) is 1.64. The third kappa shape index (κ3) is 1.44. The van der Waals surface area contributed by atoms with Crippen LogP contribution >= 0.6 is 0 Å². The van der Waals surface area contributed by atoms with Gasteiger partial charge in [-0.2, -0.15) is 0 Å². The quantitative estimate of drug-likeness (QED) is 0.618. The Morgan fingerprint density at radius 3 is 2.62 bits per heavy atom. The Balaban J connectivity index is 2.84. The molecule has 0 bridgehead atoms. The van der Waals surface area contributed by atoms with E-state index in [1.165, 1.54) is 21.9 Å². The van der Waals surface area contributed by atoms with Crippen LogP contribution in [0.2, 0.25) is 0 Å². The molecular weight excluding hydrogens is 176 g/mol. The Morgan fingerprint density at radius 2 is 1.85 bits per heavy atom. The van der Waals surface area contributed by atoms with Crippen LogP contribution in [0.3, 0.4) is 0 Å². The lowest BCUT2D eigenvalue weighted by molar-refractivity contribution is 1.35. The molecule has 0 N–H and O–H groups in total. The Kier molecular flexibility index (Phi) is 2.28. The molecular formula is C12H11S-. The van der Waals surface area contributed by atoms with Gasteiger partial charge in [-0.15, -0.1) is 5.75 Å². The Labute approximate surface area is 84.0 Å². The predicted molar refractivity (Wildman–Crippen MR) is 59.8 cm³/mol. The summed E-state index contributed by atoms with van der Waals surface area (Å²) in [6.45, 7) is 2.12. The first-order chi connectivity index (χ1) is 6.33. The van der Waals surface area contributed by atoms with Gasteiger partial charge in [0.05, 0.1) is 0 Å². The topological polar surface area (TPSA) is 0 Å². The standard InChI is InChI=1S/C12H12S/c1-9-6-7-10-4-2-3-5-11(10)12(9)8-13/h2-7,13H,8H2,1H3/p-1. The summed E-state index contributed by atoms with van der Waals surface area (Å²) in [6, 6.07) is 12.7. The monoisotopic (exact) mass is 187 g/mol. The molecule has 0 saturated heterocycles. The lowest BCUT2D eigenvalue weighted by Crippen LogP contribution is -1.88. The van der Waals surface area contributed by atoms with Crippen molar-refractivity contribution in [1.29, 1.82) is 0 Å².